The van der Waals surface area contributed by atoms with Gasteiger partial charge in [-0.1, -0.05) is 6.07 Å². The fourth-order valence-corrected chi connectivity index (χ4v) is 4.28. The van der Waals surface area contributed by atoms with E-state index in [1.54, 1.807) is 0 Å². The second kappa shape index (κ2) is 6.64. The van der Waals surface area contributed by atoms with Gasteiger partial charge in [0.15, 0.2) is 0 Å². The first-order valence-electron chi connectivity index (χ1n) is 9.20. The van der Waals surface area contributed by atoms with Crippen molar-refractivity contribution in [2.45, 2.75) is 38.3 Å². The van der Waals surface area contributed by atoms with Crippen molar-refractivity contribution in [3.8, 4) is 0 Å². The van der Waals surface area contributed by atoms with Gasteiger partial charge in [0.05, 0.1) is 11.3 Å². The number of piperidine rings is 1. The molecule has 132 valence electrons. The molecule has 4 rings (SSSR count). The van der Waals surface area contributed by atoms with Crippen LogP contribution in [0.3, 0.4) is 0 Å². The van der Waals surface area contributed by atoms with Crippen LogP contribution in [0.15, 0.2) is 42.9 Å². The van der Waals surface area contributed by atoms with Crippen LogP contribution in [0.4, 0.5) is 0 Å². The molecule has 1 N–H and O–H groups in total. The Morgan fingerprint density at radius 3 is 2.72 bits per heavy atom. The highest BCUT2D eigenvalue weighted by Crippen LogP contribution is 2.49. The third-order valence-electron chi connectivity index (χ3n) is 6.03. The first-order valence-corrected chi connectivity index (χ1v) is 9.20. The lowest BCUT2D eigenvalue weighted by Crippen LogP contribution is -2.59. The van der Waals surface area contributed by atoms with E-state index in [0.29, 0.717) is 11.5 Å². The van der Waals surface area contributed by atoms with Gasteiger partial charge < -0.3 is 9.88 Å². The lowest BCUT2D eigenvalue weighted by Gasteiger charge is -2.54. The molecule has 5 heteroatoms. The summed E-state index contributed by atoms with van der Waals surface area (Å²) >= 11 is 0. The molecule has 1 aliphatic heterocycles. The molecular weight excluding hydrogens is 312 g/mol. The Morgan fingerprint density at radius 2 is 2.12 bits per heavy atom. The zero-order valence-corrected chi connectivity index (χ0v) is 14.8. The van der Waals surface area contributed by atoms with Gasteiger partial charge in [-0.2, -0.15) is 0 Å². The Morgan fingerprint density at radius 1 is 1.28 bits per heavy atom. The second-order valence-corrected chi connectivity index (χ2v) is 7.59. The highest BCUT2D eigenvalue weighted by Gasteiger charge is 2.48. The first kappa shape index (κ1) is 16.3. The van der Waals surface area contributed by atoms with Crippen LogP contribution >= 0.6 is 0 Å². The van der Waals surface area contributed by atoms with Gasteiger partial charge in [-0.05, 0) is 62.4 Å². The summed E-state index contributed by atoms with van der Waals surface area (Å²) in [6, 6.07) is 8.32. The summed E-state index contributed by atoms with van der Waals surface area (Å²) in [6.45, 7) is 3.11. The van der Waals surface area contributed by atoms with Crippen LogP contribution in [0.2, 0.25) is 0 Å². The largest absolute Gasteiger partial charge is 0.356 e. The Kier molecular flexibility index (Phi) is 4.34. The van der Waals surface area contributed by atoms with Crippen LogP contribution in [-0.4, -0.2) is 39.5 Å². The van der Waals surface area contributed by atoms with Crippen LogP contribution in [0.1, 0.15) is 41.7 Å². The van der Waals surface area contributed by atoms with Gasteiger partial charge in [-0.3, -0.25) is 14.7 Å². The summed E-state index contributed by atoms with van der Waals surface area (Å²) in [5.74, 6) is 0.0700. The van der Waals surface area contributed by atoms with Crippen LogP contribution in [0.25, 0.3) is 0 Å². The number of aryl methyl sites for hydroxylation is 1. The number of pyridine rings is 1. The maximum Gasteiger partial charge on any atom is 0.253 e. The molecule has 1 saturated heterocycles. The summed E-state index contributed by atoms with van der Waals surface area (Å²) in [5, 5.41) is 3.29. The summed E-state index contributed by atoms with van der Waals surface area (Å²) in [7, 11) is 1.94. The number of aromatic nitrogens is 2. The third kappa shape index (κ3) is 3.33. The summed E-state index contributed by atoms with van der Waals surface area (Å²) in [5.41, 5.74) is 2.21. The molecule has 2 aromatic heterocycles. The molecule has 2 aliphatic rings. The zero-order chi connectivity index (χ0) is 17.3. The maximum absolute atomic E-state index is 12.4. The second-order valence-electron chi connectivity index (χ2n) is 7.59. The molecule has 1 saturated carbocycles. The average Bonchev–Trinajstić information content (AvgIpc) is 3.07. The van der Waals surface area contributed by atoms with E-state index < -0.39 is 0 Å². The number of nitrogens with one attached hydrogen (secondary N) is 1. The standard InChI is InChI=1S/C20H26N4O/c1-23-11-6-16(14-23)19(25)22-18-5-7-20(18)8-12-24(13-9-20)15-17-4-2-3-10-21-17/h2-4,6,10-11,14,18H,5,7-9,12-13,15H2,1H3,(H,22,25)/t18-/m1/s1. The normalized spacial score (nSPS) is 22.5. The summed E-state index contributed by atoms with van der Waals surface area (Å²) in [4.78, 5) is 19.4. The molecule has 1 spiro atoms. The van der Waals surface area contributed by atoms with E-state index in [2.05, 4.69) is 27.3 Å². The minimum Gasteiger partial charge on any atom is -0.356 e. The van der Waals surface area contributed by atoms with Crippen molar-refractivity contribution >= 4 is 5.91 Å². The lowest BCUT2D eigenvalue weighted by molar-refractivity contribution is -0.00737. The number of likely N-dealkylation sites (tertiary alicyclic amines) is 1. The SMILES string of the molecule is Cn1ccc(C(=O)N[C@@H]2CCC23CCN(Cc2ccccn2)CC3)c1. The fourth-order valence-electron chi connectivity index (χ4n) is 4.28. The molecule has 1 amide bonds. The molecule has 0 bridgehead atoms. The van der Waals surface area contributed by atoms with Crippen molar-refractivity contribution in [2.75, 3.05) is 13.1 Å². The molecule has 1 aliphatic carbocycles. The molecule has 2 aromatic rings. The molecule has 3 heterocycles. The Hall–Kier alpha value is -2.14. The fraction of sp³-hybridized carbons (Fsp3) is 0.500. The predicted octanol–water partition coefficient (Wildman–Crippen LogP) is 2.59. The highest BCUT2D eigenvalue weighted by molar-refractivity contribution is 5.94. The minimum absolute atomic E-state index is 0.0700. The van der Waals surface area contributed by atoms with Crippen molar-refractivity contribution in [1.29, 1.82) is 0 Å². The number of hydrogen-bond donors (Lipinski definition) is 1. The Balaban J connectivity index is 1.32. The predicted molar refractivity (Wildman–Crippen MR) is 97.1 cm³/mol. The van der Waals surface area contributed by atoms with E-state index in [0.717, 1.165) is 37.3 Å². The first-order chi connectivity index (χ1) is 12.1. The van der Waals surface area contributed by atoms with Crippen molar-refractivity contribution < 1.29 is 4.79 Å². The van der Waals surface area contributed by atoms with Gasteiger partial charge in [0.25, 0.3) is 5.91 Å². The number of nitrogens with zero attached hydrogens (tertiary/aromatic N) is 3. The van der Waals surface area contributed by atoms with E-state index in [1.807, 2.05) is 42.3 Å². The van der Waals surface area contributed by atoms with Gasteiger partial charge in [-0.15, -0.1) is 0 Å². The smallest absolute Gasteiger partial charge is 0.253 e. The monoisotopic (exact) mass is 338 g/mol. The molecule has 0 radical (unpaired) electrons. The van der Waals surface area contributed by atoms with Crippen molar-refractivity contribution in [3.63, 3.8) is 0 Å². The number of amides is 1. The molecule has 0 unspecified atom stereocenters. The van der Waals surface area contributed by atoms with Crippen LogP contribution in [0.5, 0.6) is 0 Å². The minimum atomic E-state index is 0.0700. The molecule has 2 fully saturated rings. The molecule has 5 nitrogen and oxygen atoms in total. The van der Waals surface area contributed by atoms with Crippen LogP contribution < -0.4 is 5.32 Å². The van der Waals surface area contributed by atoms with E-state index in [-0.39, 0.29) is 5.91 Å². The number of carbonyl (C=O) groups is 1. The summed E-state index contributed by atoms with van der Waals surface area (Å²) < 4.78 is 1.92. The zero-order valence-electron chi connectivity index (χ0n) is 14.8. The van der Waals surface area contributed by atoms with Crippen molar-refractivity contribution in [2.24, 2.45) is 12.5 Å². The van der Waals surface area contributed by atoms with E-state index in [9.17, 15) is 4.79 Å². The van der Waals surface area contributed by atoms with Gasteiger partial charge in [-0.25, -0.2) is 0 Å². The maximum atomic E-state index is 12.4. The van der Waals surface area contributed by atoms with Crippen molar-refractivity contribution in [3.05, 3.63) is 54.1 Å². The number of carbonyl (C=O) groups excluding carboxylic acids is 1. The summed E-state index contributed by atoms with van der Waals surface area (Å²) in [6.07, 6.45) is 10.3. The number of hydrogen-bond acceptors (Lipinski definition) is 3. The lowest BCUT2D eigenvalue weighted by atomic mass is 9.59. The average molecular weight is 338 g/mol. The van der Waals surface area contributed by atoms with E-state index in [4.69, 9.17) is 0 Å². The van der Waals surface area contributed by atoms with E-state index >= 15 is 0 Å². The van der Waals surface area contributed by atoms with Gasteiger partial charge in [0.2, 0.25) is 0 Å². The van der Waals surface area contributed by atoms with E-state index in [1.165, 1.54) is 19.3 Å². The topological polar surface area (TPSA) is 50.2 Å². The van der Waals surface area contributed by atoms with Crippen LogP contribution in [0, 0.1) is 5.41 Å². The van der Waals surface area contributed by atoms with Gasteiger partial charge in [0.1, 0.15) is 0 Å². The third-order valence-corrected chi connectivity index (χ3v) is 6.03. The quantitative estimate of drug-likeness (QED) is 0.932. The van der Waals surface area contributed by atoms with Gasteiger partial charge in [0, 0.05) is 38.2 Å². The Bertz CT molecular complexity index is 731. The Labute approximate surface area is 149 Å². The van der Waals surface area contributed by atoms with Gasteiger partial charge >= 0.3 is 0 Å². The molecule has 0 aromatic carbocycles. The molecule has 1 atom stereocenters. The van der Waals surface area contributed by atoms with Crippen LogP contribution in [-0.2, 0) is 13.6 Å². The van der Waals surface area contributed by atoms with Crippen molar-refractivity contribution in [1.82, 2.24) is 19.8 Å². The molecular formula is C20H26N4O. The highest BCUT2D eigenvalue weighted by atomic mass is 16.1. The number of rotatable bonds is 4. The molecule has 25 heavy (non-hydrogen) atoms.